The van der Waals surface area contributed by atoms with Gasteiger partial charge in [-0.2, -0.15) is 8.42 Å². The number of benzene rings is 2. The molecule has 0 amide bonds. The number of carbonyl (C=O) groups is 1. The third kappa shape index (κ3) is 3.68. The standard InChI is InChI=1S/C15H14O5S/c1-11(16)15(17)12-6-5-7-13(10-12)20-21(18,19)14-8-3-2-4-9-14/h2-11,16H,1H3. The summed E-state index contributed by atoms with van der Waals surface area (Å²) in [7, 11) is -3.95. The van der Waals surface area contributed by atoms with Gasteiger partial charge < -0.3 is 9.29 Å². The lowest BCUT2D eigenvalue weighted by Crippen LogP contribution is -2.16. The summed E-state index contributed by atoms with van der Waals surface area (Å²) in [5.41, 5.74) is 0.186. The van der Waals surface area contributed by atoms with Crippen LogP contribution in [0.5, 0.6) is 5.75 Å². The minimum Gasteiger partial charge on any atom is -0.385 e. The second-order valence-corrected chi connectivity index (χ2v) is 5.96. The molecule has 6 heteroatoms. The fourth-order valence-electron chi connectivity index (χ4n) is 1.70. The molecule has 0 radical (unpaired) electrons. The molecular formula is C15H14O5S. The van der Waals surface area contributed by atoms with E-state index in [1.807, 2.05) is 0 Å². The van der Waals surface area contributed by atoms with Crippen molar-refractivity contribution in [2.75, 3.05) is 0 Å². The Bertz CT molecular complexity index is 736. The molecule has 0 aliphatic rings. The maximum atomic E-state index is 12.1. The van der Waals surface area contributed by atoms with Crippen LogP contribution >= 0.6 is 0 Å². The molecule has 0 fully saturated rings. The van der Waals surface area contributed by atoms with Gasteiger partial charge in [0, 0.05) is 5.56 Å². The van der Waals surface area contributed by atoms with Crippen LogP contribution in [-0.4, -0.2) is 25.4 Å². The molecule has 0 spiro atoms. The van der Waals surface area contributed by atoms with Crippen molar-refractivity contribution in [2.45, 2.75) is 17.9 Å². The van der Waals surface area contributed by atoms with Crippen molar-refractivity contribution in [1.82, 2.24) is 0 Å². The molecule has 0 aromatic heterocycles. The number of Topliss-reactive ketones (excluding diaryl/α,β-unsaturated/α-hetero) is 1. The van der Waals surface area contributed by atoms with Crippen molar-refractivity contribution in [3.8, 4) is 5.75 Å². The molecule has 0 saturated carbocycles. The van der Waals surface area contributed by atoms with Crippen LogP contribution in [0.4, 0.5) is 0 Å². The fraction of sp³-hybridized carbons (Fsp3) is 0.133. The van der Waals surface area contributed by atoms with E-state index in [1.165, 1.54) is 43.3 Å². The first-order chi connectivity index (χ1) is 9.90. The topological polar surface area (TPSA) is 80.7 Å². The van der Waals surface area contributed by atoms with Crippen molar-refractivity contribution in [1.29, 1.82) is 0 Å². The lowest BCUT2D eigenvalue weighted by atomic mass is 10.1. The molecule has 5 nitrogen and oxygen atoms in total. The van der Waals surface area contributed by atoms with E-state index in [-0.39, 0.29) is 16.2 Å². The van der Waals surface area contributed by atoms with E-state index in [2.05, 4.69) is 0 Å². The summed E-state index contributed by atoms with van der Waals surface area (Å²) in [6, 6.07) is 13.4. The summed E-state index contributed by atoms with van der Waals surface area (Å²) in [6.45, 7) is 1.34. The second kappa shape index (κ2) is 6.07. The van der Waals surface area contributed by atoms with Gasteiger partial charge in [-0.05, 0) is 31.2 Å². The number of aliphatic hydroxyl groups excluding tert-OH is 1. The van der Waals surface area contributed by atoms with Crippen molar-refractivity contribution < 1.29 is 22.5 Å². The third-order valence-corrected chi connectivity index (χ3v) is 4.00. The number of aliphatic hydroxyl groups is 1. The first-order valence-corrected chi connectivity index (χ1v) is 7.63. The lowest BCUT2D eigenvalue weighted by Gasteiger charge is -2.09. The molecule has 0 aliphatic heterocycles. The molecule has 21 heavy (non-hydrogen) atoms. The number of hydrogen-bond acceptors (Lipinski definition) is 5. The second-order valence-electron chi connectivity index (χ2n) is 4.42. The van der Waals surface area contributed by atoms with Gasteiger partial charge in [-0.25, -0.2) is 0 Å². The predicted molar refractivity (Wildman–Crippen MR) is 76.7 cm³/mol. The summed E-state index contributed by atoms with van der Waals surface area (Å²) in [6.07, 6.45) is -1.16. The fourth-order valence-corrected chi connectivity index (χ4v) is 2.65. The van der Waals surface area contributed by atoms with E-state index in [9.17, 15) is 18.3 Å². The highest BCUT2D eigenvalue weighted by Gasteiger charge is 2.18. The highest BCUT2D eigenvalue weighted by atomic mass is 32.2. The number of ketones is 1. The van der Waals surface area contributed by atoms with Gasteiger partial charge in [-0.3, -0.25) is 4.79 Å². The number of rotatable bonds is 5. The Morgan fingerprint density at radius 1 is 1.10 bits per heavy atom. The summed E-state index contributed by atoms with van der Waals surface area (Å²) in [5.74, 6) is -0.483. The summed E-state index contributed by atoms with van der Waals surface area (Å²) in [5, 5.41) is 9.27. The van der Waals surface area contributed by atoms with Crippen molar-refractivity contribution in [3.63, 3.8) is 0 Å². The Morgan fingerprint density at radius 2 is 1.76 bits per heavy atom. The Hall–Kier alpha value is -2.18. The first-order valence-electron chi connectivity index (χ1n) is 6.22. The normalized spacial score (nSPS) is 12.7. The lowest BCUT2D eigenvalue weighted by molar-refractivity contribution is 0.0779. The molecule has 2 aromatic carbocycles. The van der Waals surface area contributed by atoms with Gasteiger partial charge in [0.1, 0.15) is 16.7 Å². The number of hydrogen-bond donors (Lipinski definition) is 1. The van der Waals surface area contributed by atoms with E-state index < -0.39 is 22.0 Å². The highest BCUT2D eigenvalue weighted by molar-refractivity contribution is 7.87. The van der Waals surface area contributed by atoms with Gasteiger partial charge in [-0.15, -0.1) is 0 Å². The molecule has 1 atom stereocenters. The molecule has 1 unspecified atom stereocenters. The van der Waals surface area contributed by atoms with Crippen LogP contribution in [0.3, 0.4) is 0 Å². The van der Waals surface area contributed by atoms with Crippen molar-refractivity contribution in [2.24, 2.45) is 0 Å². The van der Waals surface area contributed by atoms with Crippen molar-refractivity contribution >= 4 is 15.9 Å². The average Bonchev–Trinajstić information content (AvgIpc) is 2.47. The summed E-state index contributed by atoms with van der Waals surface area (Å²) in [4.78, 5) is 11.7. The number of carbonyl (C=O) groups excluding carboxylic acids is 1. The Balaban J connectivity index is 2.28. The minimum absolute atomic E-state index is 0.0188. The van der Waals surface area contributed by atoms with Crippen LogP contribution in [0, 0.1) is 0 Å². The predicted octanol–water partition coefficient (Wildman–Crippen LogP) is 2.02. The van der Waals surface area contributed by atoms with Crippen molar-refractivity contribution in [3.05, 3.63) is 60.2 Å². The zero-order chi connectivity index (χ0) is 15.5. The maximum absolute atomic E-state index is 12.1. The van der Waals surface area contributed by atoms with Crippen LogP contribution in [0.1, 0.15) is 17.3 Å². The maximum Gasteiger partial charge on any atom is 0.339 e. The molecule has 0 aliphatic carbocycles. The van der Waals surface area contributed by atoms with Crippen LogP contribution < -0.4 is 4.18 Å². The van der Waals surface area contributed by atoms with Gasteiger partial charge in [0.05, 0.1) is 0 Å². The van der Waals surface area contributed by atoms with E-state index in [0.29, 0.717) is 0 Å². The molecule has 0 bridgehead atoms. The molecule has 0 heterocycles. The summed E-state index contributed by atoms with van der Waals surface area (Å²) < 4.78 is 29.1. The average molecular weight is 306 g/mol. The molecule has 2 aromatic rings. The van der Waals surface area contributed by atoms with E-state index in [1.54, 1.807) is 18.2 Å². The third-order valence-electron chi connectivity index (χ3n) is 2.74. The molecule has 110 valence electrons. The SMILES string of the molecule is CC(O)C(=O)c1cccc(OS(=O)(=O)c2ccccc2)c1. The zero-order valence-corrected chi connectivity index (χ0v) is 12.1. The summed E-state index contributed by atoms with van der Waals surface area (Å²) >= 11 is 0. The zero-order valence-electron chi connectivity index (χ0n) is 11.3. The highest BCUT2D eigenvalue weighted by Crippen LogP contribution is 2.20. The molecular weight excluding hydrogens is 292 g/mol. The molecule has 2 rings (SSSR count). The van der Waals surface area contributed by atoms with Crippen LogP contribution in [0.25, 0.3) is 0 Å². The monoisotopic (exact) mass is 306 g/mol. The van der Waals surface area contributed by atoms with Crippen LogP contribution in [0.15, 0.2) is 59.5 Å². The van der Waals surface area contributed by atoms with Crippen LogP contribution in [-0.2, 0) is 10.1 Å². The Kier molecular flexibility index (Phi) is 4.40. The molecule has 1 N–H and O–H groups in total. The smallest absolute Gasteiger partial charge is 0.339 e. The minimum atomic E-state index is -3.95. The van der Waals surface area contributed by atoms with E-state index in [0.717, 1.165) is 0 Å². The van der Waals surface area contributed by atoms with Gasteiger partial charge in [0.15, 0.2) is 5.78 Å². The van der Waals surface area contributed by atoms with E-state index in [4.69, 9.17) is 4.18 Å². The van der Waals surface area contributed by atoms with Gasteiger partial charge in [0.2, 0.25) is 0 Å². The largest absolute Gasteiger partial charge is 0.385 e. The van der Waals surface area contributed by atoms with E-state index >= 15 is 0 Å². The molecule has 0 saturated heterocycles. The van der Waals surface area contributed by atoms with Gasteiger partial charge in [-0.1, -0.05) is 30.3 Å². The van der Waals surface area contributed by atoms with Crippen LogP contribution in [0.2, 0.25) is 0 Å². The quantitative estimate of drug-likeness (QED) is 0.675. The Morgan fingerprint density at radius 3 is 2.38 bits per heavy atom. The Labute approximate surface area is 122 Å². The first kappa shape index (κ1) is 15.2. The van der Waals surface area contributed by atoms with Gasteiger partial charge in [0.25, 0.3) is 0 Å². The van der Waals surface area contributed by atoms with Gasteiger partial charge >= 0.3 is 10.1 Å².